The van der Waals surface area contributed by atoms with E-state index in [1.54, 1.807) is 23.5 Å². The van der Waals surface area contributed by atoms with Crippen LogP contribution in [0.2, 0.25) is 0 Å². The lowest BCUT2D eigenvalue weighted by molar-refractivity contribution is -0.126. The Morgan fingerprint density at radius 2 is 1.96 bits per heavy atom. The van der Waals surface area contributed by atoms with Gasteiger partial charge in [-0.2, -0.15) is 0 Å². The number of hydrogen-bond donors (Lipinski definition) is 2. The van der Waals surface area contributed by atoms with Gasteiger partial charge < -0.3 is 4.42 Å². The van der Waals surface area contributed by atoms with Gasteiger partial charge in [-0.15, -0.1) is 11.3 Å². The van der Waals surface area contributed by atoms with Gasteiger partial charge in [0.05, 0.1) is 18.4 Å². The molecule has 0 unspecified atom stereocenters. The van der Waals surface area contributed by atoms with Crippen LogP contribution in [-0.2, 0) is 16.0 Å². The van der Waals surface area contributed by atoms with E-state index in [1.807, 2.05) is 37.3 Å². The fraction of sp³-hybridized carbons (Fsp3) is 0.105. The summed E-state index contributed by atoms with van der Waals surface area (Å²) in [6.07, 6.45) is 4.40. The molecule has 0 spiro atoms. The van der Waals surface area contributed by atoms with Crippen LogP contribution in [0.5, 0.6) is 0 Å². The van der Waals surface area contributed by atoms with Crippen molar-refractivity contribution in [1.82, 2.24) is 15.8 Å². The quantitative estimate of drug-likeness (QED) is 0.536. The molecule has 0 aliphatic rings. The Bertz CT molecular complexity index is 915. The monoisotopic (exact) mass is 367 g/mol. The summed E-state index contributed by atoms with van der Waals surface area (Å²) in [4.78, 5) is 29.2. The number of hydrogen-bond acceptors (Lipinski definition) is 5. The molecule has 0 aliphatic carbocycles. The number of benzene rings is 1. The number of thiazole rings is 1. The molecule has 0 radical (unpaired) electrons. The first-order valence-corrected chi connectivity index (χ1v) is 8.75. The molecule has 0 saturated carbocycles. The first-order chi connectivity index (χ1) is 12.6. The zero-order valence-corrected chi connectivity index (χ0v) is 14.9. The topological polar surface area (TPSA) is 84.2 Å². The lowest BCUT2D eigenvalue weighted by atomic mass is 10.2. The fourth-order valence-electron chi connectivity index (χ4n) is 2.21. The van der Waals surface area contributed by atoms with Gasteiger partial charge in [0.15, 0.2) is 0 Å². The molecule has 0 fully saturated rings. The highest BCUT2D eigenvalue weighted by Crippen LogP contribution is 2.27. The van der Waals surface area contributed by atoms with Crippen LogP contribution in [-0.4, -0.2) is 16.8 Å². The van der Waals surface area contributed by atoms with E-state index < -0.39 is 5.91 Å². The Morgan fingerprint density at radius 1 is 1.15 bits per heavy atom. The molecule has 0 saturated heterocycles. The van der Waals surface area contributed by atoms with Crippen LogP contribution < -0.4 is 10.9 Å². The normalized spacial score (nSPS) is 10.8. The van der Waals surface area contributed by atoms with Gasteiger partial charge in [-0.25, -0.2) is 4.98 Å². The Labute approximate surface area is 154 Å². The molecule has 2 heterocycles. The fourth-order valence-corrected chi connectivity index (χ4v) is 3.14. The predicted octanol–water partition coefficient (Wildman–Crippen LogP) is 3.11. The van der Waals surface area contributed by atoms with Gasteiger partial charge in [0, 0.05) is 16.5 Å². The standard InChI is InChI=1S/C19H17N3O3S/c1-13-16(20-19(26-13)14-6-3-2-4-7-14)12-18(24)22-21-17(23)10-9-15-8-5-11-25-15/h2-11H,12H2,1H3,(H,21,23)(H,22,24). The number of rotatable bonds is 5. The van der Waals surface area contributed by atoms with Gasteiger partial charge in [0.2, 0.25) is 5.91 Å². The van der Waals surface area contributed by atoms with Crippen molar-refractivity contribution in [3.05, 3.63) is 71.1 Å². The van der Waals surface area contributed by atoms with Crippen molar-refractivity contribution in [1.29, 1.82) is 0 Å². The number of carbonyl (C=O) groups excluding carboxylic acids is 2. The smallest absolute Gasteiger partial charge is 0.262 e. The summed E-state index contributed by atoms with van der Waals surface area (Å²) in [7, 11) is 0. The second-order valence-electron chi connectivity index (χ2n) is 5.45. The predicted molar refractivity (Wildman–Crippen MR) is 100 cm³/mol. The zero-order valence-electron chi connectivity index (χ0n) is 14.1. The van der Waals surface area contributed by atoms with E-state index in [4.69, 9.17) is 4.42 Å². The minimum Gasteiger partial charge on any atom is -0.465 e. The van der Waals surface area contributed by atoms with Crippen molar-refractivity contribution < 1.29 is 14.0 Å². The molecule has 1 aromatic carbocycles. The van der Waals surface area contributed by atoms with Crippen LogP contribution in [0.25, 0.3) is 16.6 Å². The summed E-state index contributed by atoms with van der Waals surface area (Å²) in [5.74, 6) is -0.231. The van der Waals surface area contributed by atoms with Gasteiger partial charge in [0.25, 0.3) is 5.91 Å². The third-order valence-corrected chi connectivity index (χ3v) is 4.57. The maximum Gasteiger partial charge on any atom is 0.262 e. The highest BCUT2D eigenvalue weighted by Gasteiger charge is 2.13. The second kappa shape index (κ2) is 8.26. The third kappa shape index (κ3) is 4.67. The van der Waals surface area contributed by atoms with Crippen LogP contribution in [0.3, 0.4) is 0 Å². The maximum atomic E-state index is 12.0. The van der Waals surface area contributed by atoms with Crippen LogP contribution in [0.15, 0.2) is 59.2 Å². The summed E-state index contributed by atoms with van der Waals surface area (Å²) in [6, 6.07) is 13.2. The van der Waals surface area contributed by atoms with Crippen molar-refractivity contribution in [3.8, 4) is 10.6 Å². The number of carbonyl (C=O) groups is 2. The molecule has 26 heavy (non-hydrogen) atoms. The van der Waals surface area contributed by atoms with Crippen molar-refractivity contribution >= 4 is 29.2 Å². The van der Waals surface area contributed by atoms with Gasteiger partial charge in [0.1, 0.15) is 10.8 Å². The third-order valence-electron chi connectivity index (χ3n) is 3.51. The molecule has 0 aliphatic heterocycles. The Balaban J connectivity index is 1.53. The summed E-state index contributed by atoms with van der Waals surface area (Å²) in [5, 5.41) is 0.872. The molecule has 0 bridgehead atoms. The SMILES string of the molecule is Cc1sc(-c2ccccc2)nc1CC(=O)NNC(=O)C=Cc1ccco1. The summed E-state index contributed by atoms with van der Waals surface area (Å²) in [5.41, 5.74) is 6.43. The highest BCUT2D eigenvalue weighted by molar-refractivity contribution is 7.15. The van der Waals surface area contributed by atoms with Crippen molar-refractivity contribution in [2.45, 2.75) is 13.3 Å². The summed E-state index contributed by atoms with van der Waals surface area (Å²) >= 11 is 1.54. The number of amides is 2. The number of hydrazine groups is 1. The number of aryl methyl sites for hydroxylation is 1. The number of nitrogens with one attached hydrogen (secondary N) is 2. The van der Waals surface area contributed by atoms with Crippen molar-refractivity contribution in [2.24, 2.45) is 0 Å². The molecular weight excluding hydrogens is 350 g/mol. The molecule has 3 aromatic rings. The maximum absolute atomic E-state index is 12.0. The molecule has 3 rings (SSSR count). The van der Waals surface area contributed by atoms with Gasteiger partial charge in [-0.1, -0.05) is 30.3 Å². The number of furan rings is 1. The summed E-state index contributed by atoms with van der Waals surface area (Å²) in [6.45, 7) is 1.93. The van der Waals surface area contributed by atoms with Crippen LogP contribution in [0.4, 0.5) is 0 Å². The minimum absolute atomic E-state index is 0.0946. The Kier molecular flexibility index (Phi) is 5.60. The van der Waals surface area contributed by atoms with E-state index >= 15 is 0 Å². The van der Waals surface area contributed by atoms with E-state index in [-0.39, 0.29) is 12.3 Å². The lowest BCUT2D eigenvalue weighted by Gasteiger charge is -2.04. The average molecular weight is 367 g/mol. The van der Waals surface area contributed by atoms with Crippen molar-refractivity contribution in [2.75, 3.05) is 0 Å². The van der Waals surface area contributed by atoms with Gasteiger partial charge in [-0.05, 0) is 25.1 Å². The van der Waals surface area contributed by atoms with E-state index in [1.165, 1.54) is 18.4 Å². The molecule has 6 nitrogen and oxygen atoms in total. The van der Waals surface area contributed by atoms with Gasteiger partial charge in [-0.3, -0.25) is 20.4 Å². The minimum atomic E-state index is -0.449. The van der Waals surface area contributed by atoms with E-state index in [2.05, 4.69) is 15.8 Å². The van der Waals surface area contributed by atoms with E-state index in [9.17, 15) is 9.59 Å². The van der Waals surface area contributed by atoms with Crippen LogP contribution >= 0.6 is 11.3 Å². The molecule has 2 aromatic heterocycles. The molecule has 2 N–H and O–H groups in total. The average Bonchev–Trinajstić information content (AvgIpc) is 3.29. The number of aromatic nitrogens is 1. The largest absolute Gasteiger partial charge is 0.465 e. The Morgan fingerprint density at radius 3 is 2.69 bits per heavy atom. The Hall–Kier alpha value is -3.19. The zero-order chi connectivity index (χ0) is 18.4. The first kappa shape index (κ1) is 17.6. The summed E-state index contributed by atoms with van der Waals surface area (Å²) < 4.78 is 5.08. The molecular formula is C19H17N3O3S. The van der Waals surface area contributed by atoms with Crippen LogP contribution in [0, 0.1) is 6.92 Å². The van der Waals surface area contributed by atoms with E-state index in [0.717, 1.165) is 15.4 Å². The molecule has 132 valence electrons. The molecule has 7 heteroatoms. The molecule has 0 atom stereocenters. The lowest BCUT2D eigenvalue weighted by Crippen LogP contribution is -2.41. The second-order valence-corrected chi connectivity index (χ2v) is 6.65. The van der Waals surface area contributed by atoms with E-state index in [0.29, 0.717) is 11.5 Å². The molecule has 2 amide bonds. The first-order valence-electron chi connectivity index (χ1n) is 7.94. The van der Waals surface area contributed by atoms with Gasteiger partial charge >= 0.3 is 0 Å². The van der Waals surface area contributed by atoms with Crippen molar-refractivity contribution in [3.63, 3.8) is 0 Å². The highest BCUT2D eigenvalue weighted by atomic mass is 32.1. The van der Waals surface area contributed by atoms with Crippen LogP contribution in [0.1, 0.15) is 16.3 Å². The number of nitrogens with zero attached hydrogens (tertiary/aromatic N) is 1.